The second-order valence-electron chi connectivity index (χ2n) is 5.03. The minimum absolute atomic E-state index is 0.0917. The highest BCUT2D eigenvalue weighted by molar-refractivity contribution is 7.99. The molecular weight excluding hydrogens is 318 g/mol. The standard InChI is InChI=1S/C17H16ClNO2S/c1-21-14-5-2-12(3-6-14)10-17(20)19-8-9-22-16-7-4-13(18)11-15(16)19/h2-7,11H,8-10H2,1H3. The summed E-state index contributed by atoms with van der Waals surface area (Å²) < 4.78 is 5.14. The molecule has 114 valence electrons. The number of hydrogen-bond acceptors (Lipinski definition) is 3. The van der Waals surface area contributed by atoms with Crippen LogP contribution in [0, 0.1) is 0 Å². The molecule has 22 heavy (non-hydrogen) atoms. The number of fused-ring (bicyclic) bond motifs is 1. The van der Waals surface area contributed by atoms with Crippen LogP contribution < -0.4 is 9.64 Å². The van der Waals surface area contributed by atoms with Gasteiger partial charge in [-0.25, -0.2) is 0 Å². The number of carbonyl (C=O) groups is 1. The molecule has 2 aromatic carbocycles. The third-order valence-corrected chi connectivity index (χ3v) is 4.88. The van der Waals surface area contributed by atoms with Gasteiger partial charge in [0.2, 0.25) is 5.91 Å². The molecule has 1 heterocycles. The fourth-order valence-corrected chi connectivity index (χ4v) is 3.60. The van der Waals surface area contributed by atoms with Crippen molar-refractivity contribution >= 4 is 35.0 Å². The lowest BCUT2D eigenvalue weighted by Crippen LogP contribution is -2.36. The first-order valence-electron chi connectivity index (χ1n) is 7.03. The summed E-state index contributed by atoms with van der Waals surface area (Å²) in [5.41, 5.74) is 1.90. The van der Waals surface area contributed by atoms with E-state index in [0.29, 0.717) is 18.0 Å². The number of nitrogens with zero attached hydrogens (tertiary/aromatic N) is 1. The zero-order valence-electron chi connectivity index (χ0n) is 12.2. The van der Waals surface area contributed by atoms with Crippen LogP contribution in [0.1, 0.15) is 5.56 Å². The predicted octanol–water partition coefficient (Wildman–Crippen LogP) is 4.03. The van der Waals surface area contributed by atoms with E-state index in [0.717, 1.165) is 27.6 Å². The molecule has 0 saturated carbocycles. The molecule has 0 N–H and O–H groups in total. The number of ether oxygens (including phenoxy) is 1. The molecule has 0 bridgehead atoms. The number of halogens is 1. The minimum Gasteiger partial charge on any atom is -0.497 e. The molecule has 3 rings (SSSR count). The Kier molecular flexibility index (Phi) is 4.60. The minimum atomic E-state index is 0.0917. The number of rotatable bonds is 3. The number of amides is 1. The van der Waals surface area contributed by atoms with Gasteiger partial charge < -0.3 is 9.64 Å². The number of benzene rings is 2. The van der Waals surface area contributed by atoms with Crippen molar-refractivity contribution in [1.82, 2.24) is 0 Å². The van der Waals surface area contributed by atoms with Crippen molar-refractivity contribution in [2.75, 3.05) is 24.3 Å². The van der Waals surface area contributed by atoms with E-state index in [2.05, 4.69) is 0 Å². The lowest BCUT2D eigenvalue weighted by molar-refractivity contribution is -0.118. The van der Waals surface area contributed by atoms with E-state index in [1.807, 2.05) is 47.4 Å². The summed E-state index contributed by atoms with van der Waals surface area (Å²) in [6.07, 6.45) is 0.376. The van der Waals surface area contributed by atoms with Crippen molar-refractivity contribution in [3.63, 3.8) is 0 Å². The van der Waals surface area contributed by atoms with Gasteiger partial charge in [-0.15, -0.1) is 11.8 Å². The van der Waals surface area contributed by atoms with E-state index >= 15 is 0 Å². The summed E-state index contributed by atoms with van der Waals surface area (Å²) in [7, 11) is 1.63. The Bertz CT molecular complexity index is 688. The van der Waals surface area contributed by atoms with E-state index in [4.69, 9.17) is 16.3 Å². The zero-order chi connectivity index (χ0) is 15.5. The number of carbonyl (C=O) groups excluding carboxylic acids is 1. The van der Waals surface area contributed by atoms with Crippen molar-refractivity contribution in [3.05, 3.63) is 53.1 Å². The van der Waals surface area contributed by atoms with Crippen molar-refractivity contribution in [3.8, 4) is 5.75 Å². The Labute approximate surface area is 139 Å². The Morgan fingerprint density at radius 2 is 2.05 bits per heavy atom. The maximum Gasteiger partial charge on any atom is 0.231 e. The Hall–Kier alpha value is -1.65. The summed E-state index contributed by atoms with van der Waals surface area (Å²) in [6.45, 7) is 0.715. The van der Waals surface area contributed by atoms with Gasteiger partial charge in [-0.2, -0.15) is 0 Å². The van der Waals surface area contributed by atoms with E-state index < -0.39 is 0 Å². The van der Waals surface area contributed by atoms with Crippen LogP contribution in [-0.2, 0) is 11.2 Å². The lowest BCUT2D eigenvalue weighted by Gasteiger charge is -2.29. The monoisotopic (exact) mass is 333 g/mol. The SMILES string of the molecule is COc1ccc(CC(=O)N2CCSc3ccc(Cl)cc32)cc1. The van der Waals surface area contributed by atoms with Gasteiger partial charge in [-0.1, -0.05) is 23.7 Å². The number of hydrogen-bond donors (Lipinski definition) is 0. The van der Waals surface area contributed by atoms with Crippen molar-refractivity contribution in [1.29, 1.82) is 0 Å². The maximum atomic E-state index is 12.6. The molecule has 0 radical (unpaired) electrons. The molecule has 1 amide bonds. The molecule has 1 aliphatic heterocycles. The fourth-order valence-electron chi connectivity index (χ4n) is 2.46. The van der Waals surface area contributed by atoms with Crippen LogP contribution in [0.5, 0.6) is 5.75 Å². The molecule has 0 spiro atoms. The second-order valence-corrected chi connectivity index (χ2v) is 6.60. The van der Waals surface area contributed by atoms with Crippen molar-refractivity contribution in [2.24, 2.45) is 0 Å². The lowest BCUT2D eigenvalue weighted by atomic mass is 10.1. The van der Waals surface area contributed by atoms with Crippen LogP contribution in [0.4, 0.5) is 5.69 Å². The van der Waals surface area contributed by atoms with Gasteiger partial charge in [0.25, 0.3) is 0 Å². The largest absolute Gasteiger partial charge is 0.497 e. The molecule has 1 aliphatic rings. The average molecular weight is 334 g/mol. The van der Waals surface area contributed by atoms with E-state index in [1.54, 1.807) is 18.9 Å². The molecule has 0 atom stereocenters. The van der Waals surface area contributed by atoms with Crippen LogP contribution in [0.3, 0.4) is 0 Å². The van der Waals surface area contributed by atoms with Crippen LogP contribution in [0.2, 0.25) is 5.02 Å². The smallest absolute Gasteiger partial charge is 0.231 e. The molecule has 0 aromatic heterocycles. The van der Waals surface area contributed by atoms with Crippen LogP contribution in [0.25, 0.3) is 0 Å². The van der Waals surface area contributed by atoms with Gasteiger partial charge in [-0.3, -0.25) is 4.79 Å². The quantitative estimate of drug-likeness (QED) is 0.849. The van der Waals surface area contributed by atoms with Gasteiger partial charge in [0.1, 0.15) is 5.75 Å². The molecule has 3 nitrogen and oxygen atoms in total. The highest BCUT2D eigenvalue weighted by Gasteiger charge is 2.23. The summed E-state index contributed by atoms with van der Waals surface area (Å²) in [4.78, 5) is 15.6. The highest BCUT2D eigenvalue weighted by atomic mass is 35.5. The first-order valence-corrected chi connectivity index (χ1v) is 8.39. The van der Waals surface area contributed by atoms with Gasteiger partial charge in [-0.05, 0) is 35.9 Å². The molecular formula is C17H16ClNO2S. The van der Waals surface area contributed by atoms with Gasteiger partial charge in [0.15, 0.2) is 0 Å². The average Bonchev–Trinajstić information content (AvgIpc) is 2.55. The molecule has 0 saturated heterocycles. The Morgan fingerprint density at radius 3 is 2.77 bits per heavy atom. The van der Waals surface area contributed by atoms with Crippen LogP contribution in [0.15, 0.2) is 47.4 Å². The molecule has 5 heteroatoms. The topological polar surface area (TPSA) is 29.5 Å². The van der Waals surface area contributed by atoms with Gasteiger partial charge in [0.05, 0.1) is 19.2 Å². The van der Waals surface area contributed by atoms with Gasteiger partial charge in [0, 0.05) is 22.2 Å². The van der Waals surface area contributed by atoms with Crippen molar-refractivity contribution in [2.45, 2.75) is 11.3 Å². The number of methoxy groups -OCH3 is 1. The second kappa shape index (κ2) is 6.63. The fraction of sp³-hybridized carbons (Fsp3) is 0.235. The molecule has 0 fully saturated rings. The van der Waals surface area contributed by atoms with E-state index in [-0.39, 0.29) is 5.91 Å². The summed E-state index contributed by atoms with van der Waals surface area (Å²) >= 11 is 7.84. The van der Waals surface area contributed by atoms with Crippen LogP contribution >= 0.6 is 23.4 Å². The van der Waals surface area contributed by atoms with Gasteiger partial charge >= 0.3 is 0 Å². The summed E-state index contributed by atoms with van der Waals surface area (Å²) in [6, 6.07) is 13.3. The predicted molar refractivity (Wildman–Crippen MR) is 91.2 cm³/mol. The number of anilines is 1. The van der Waals surface area contributed by atoms with Crippen molar-refractivity contribution < 1.29 is 9.53 Å². The van der Waals surface area contributed by atoms with Crippen LogP contribution in [-0.4, -0.2) is 25.3 Å². The number of thioether (sulfide) groups is 1. The summed E-state index contributed by atoms with van der Waals surface area (Å²) in [5, 5.41) is 0.656. The normalized spacial score (nSPS) is 13.6. The van der Waals surface area contributed by atoms with E-state index in [9.17, 15) is 4.79 Å². The zero-order valence-corrected chi connectivity index (χ0v) is 13.8. The molecule has 0 unspecified atom stereocenters. The Balaban J connectivity index is 1.79. The third kappa shape index (κ3) is 3.23. The van der Waals surface area contributed by atoms with E-state index in [1.165, 1.54) is 0 Å². The first-order chi connectivity index (χ1) is 10.7. The molecule has 0 aliphatic carbocycles. The third-order valence-electron chi connectivity index (χ3n) is 3.60. The molecule has 2 aromatic rings. The highest BCUT2D eigenvalue weighted by Crippen LogP contribution is 2.36. The maximum absolute atomic E-state index is 12.6. The first kappa shape index (κ1) is 15.3. The summed E-state index contributed by atoms with van der Waals surface area (Å²) in [5.74, 6) is 1.79. The Morgan fingerprint density at radius 1 is 1.27 bits per heavy atom.